The summed E-state index contributed by atoms with van der Waals surface area (Å²) in [5.41, 5.74) is 0.954. The zero-order chi connectivity index (χ0) is 16.8. The molecule has 9 heteroatoms. The molecule has 0 saturated carbocycles. The number of oxime groups is 1. The highest BCUT2D eigenvalue weighted by Gasteiger charge is 2.23. The van der Waals surface area contributed by atoms with Crippen molar-refractivity contribution in [3.05, 3.63) is 29.8 Å². The summed E-state index contributed by atoms with van der Waals surface area (Å²) < 4.78 is 0. The van der Waals surface area contributed by atoms with Gasteiger partial charge in [-0.2, -0.15) is 0 Å². The topological polar surface area (TPSA) is 109 Å². The van der Waals surface area contributed by atoms with Crippen LogP contribution in [0.25, 0.3) is 0 Å². The van der Waals surface area contributed by atoms with Crippen LogP contribution < -0.4 is 16.0 Å². The van der Waals surface area contributed by atoms with E-state index in [9.17, 15) is 14.4 Å². The molecule has 1 aliphatic rings. The van der Waals surface area contributed by atoms with Crippen LogP contribution in [0.5, 0.6) is 0 Å². The highest BCUT2D eigenvalue weighted by Crippen LogP contribution is 2.17. The second-order valence-corrected chi connectivity index (χ2v) is 6.04. The molecule has 1 atom stereocenters. The Morgan fingerprint density at radius 1 is 1.35 bits per heavy atom. The number of amides is 3. The molecule has 1 unspecified atom stereocenters. The van der Waals surface area contributed by atoms with E-state index in [1.165, 1.54) is 18.8 Å². The summed E-state index contributed by atoms with van der Waals surface area (Å²) in [6.45, 7) is 1.98. The Bertz CT molecular complexity index is 645. The second-order valence-electron chi connectivity index (χ2n) is 4.62. The first-order valence-corrected chi connectivity index (χ1v) is 7.69. The van der Waals surface area contributed by atoms with Gasteiger partial charge in [0.15, 0.2) is 0 Å². The van der Waals surface area contributed by atoms with Crippen molar-refractivity contribution in [2.75, 3.05) is 18.9 Å². The third-order valence-corrected chi connectivity index (χ3v) is 4.01. The van der Waals surface area contributed by atoms with Crippen LogP contribution in [0.15, 0.2) is 29.4 Å². The Morgan fingerprint density at radius 3 is 2.65 bits per heavy atom. The second kappa shape index (κ2) is 7.63. The minimum atomic E-state index is -0.754. The standard InChI is InChI=1S/C14H16N4O4S/c1-8-12(19)16-7-11(23-8)18-22-14(21)17-10-5-3-9(4-6-10)13(20)15-2/h3-6,8H,7H2,1-2H3,(H,15,20)(H,16,19)(H,17,21). The molecular weight excluding hydrogens is 320 g/mol. The first-order valence-electron chi connectivity index (χ1n) is 6.81. The van der Waals surface area contributed by atoms with Crippen molar-refractivity contribution >= 4 is 40.4 Å². The molecule has 0 radical (unpaired) electrons. The van der Waals surface area contributed by atoms with E-state index in [0.29, 0.717) is 16.3 Å². The molecule has 3 amide bonds. The smallest absolute Gasteiger partial charge is 0.355 e. The first kappa shape index (κ1) is 16.8. The number of benzene rings is 1. The molecule has 0 aliphatic carbocycles. The number of anilines is 1. The molecular formula is C14H16N4O4S. The lowest BCUT2D eigenvalue weighted by Crippen LogP contribution is -2.40. The molecule has 1 aromatic carbocycles. The van der Waals surface area contributed by atoms with Crippen molar-refractivity contribution in [1.82, 2.24) is 10.6 Å². The lowest BCUT2D eigenvalue weighted by atomic mass is 10.2. The number of rotatable bonds is 3. The quantitative estimate of drug-likeness (QED) is 0.567. The number of nitrogens with one attached hydrogen (secondary N) is 3. The van der Waals surface area contributed by atoms with E-state index in [1.54, 1.807) is 31.2 Å². The Kier molecular flexibility index (Phi) is 5.58. The first-order chi connectivity index (χ1) is 11.0. The maximum atomic E-state index is 11.7. The Morgan fingerprint density at radius 2 is 2.04 bits per heavy atom. The predicted molar refractivity (Wildman–Crippen MR) is 87.4 cm³/mol. The molecule has 1 heterocycles. The fraction of sp³-hybridized carbons (Fsp3) is 0.286. The molecule has 1 aliphatic heterocycles. The van der Waals surface area contributed by atoms with Gasteiger partial charge >= 0.3 is 6.09 Å². The largest absolute Gasteiger partial charge is 0.437 e. The fourth-order valence-electron chi connectivity index (χ4n) is 1.74. The van der Waals surface area contributed by atoms with Gasteiger partial charge in [-0.1, -0.05) is 16.9 Å². The molecule has 3 N–H and O–H groups in total. The van der Waals surface area contributed by atoms with Gasteiger partial charge in [0, 0.05) is 18.3 Å². The molecule has 8 nitrogen and oxygen atoms in total. The Hall–Kier alpha value is -2.55. The van der Waals surface area contributed by atoms with E-state index in [1.807, 2.05) is 0 Å². The number of hydrogen-bond acceptors (Lipinski definition) is 6. The van der Waals surface area contributed by atoms with Gasteiger partial charge in [-0.05, 0) is 31.2 Å². The molecule has 0 spiro atoms. The average molecular weight is 336 g/mol. The number of nitrogens with zero attached hydrogens (tertiary/aromatic N) is 1. The maximum Gasteiger partial charge on any atom is 0.437 e. The highest BCUT2D eigenvalue weighted by molar-refractivity contribution is 8.15. The number of carbonyl (C=O) groups excluding carboxylic acids is 3. The van der Waals surface area contributed by atoms with Crippen LogP contribution in [-0.4, -0.2) is 41.8 Å². The summed E-state index contributed by atoms with van der Waals surface area (Å²) >= 11 is 1.24. The van der Waals surface area contributed by atoms with Gasteiger partial charge in [0.1, 0.15) is 5.04 Å². The van der Waals surface area contributed by atoms with E-state index >= 15 is 0 Å². The summed E-state index contributed by atoms with van der Waals surface area (Å²) in [6, 6.07) is 6.32. The summed E-state index contributed by atoms with van der Waals surface area (Å²) in [5, 5.41) is 11.6. The maximum absolute atomic E-state index is 11.7. The van der Waals surface area contributed by atoms with E-state index in [0.717, 1.165) is 0 Å². The normalized spacial score (nSPS) is 19.0. The van der Waals surface area contributed by atoms with Crippen molar-refractivity contribution in [2.45, 2.75) is 12.2 Å². The zero-order valence-electron chi connectivity index (χ0n) is 12.6. The summed E-state index contributed by atoms with van der Waals surface area (Å²) in [5.74, 6) is -0.286. The molecule has 1 saturated heterocycles. The van der Waals surface area contributed by atoms with Crippen LogP contribution in [0.3, 0.4) is 0 Å². The van der Waals surface area contributed by atoms with Gasteiger partial charge in [-0.15, -0.1) is 0 Å². The van der Waals surface area contributed by atoms with Gasteiger partial charge in [0.25, 0.3) is 5.91 Å². The Labute approximate surface area is 137 Å². The van der Waals surface area contributed by atoms with Crippen molar-refractivity contribution in [3.8, 4) is 0 Å². The van der Waals surface area contributed by atoms with Crippen LogP contribution in [0, 0.1) is 0 Å². The van der Waals surface area contributed by atoms with E-state index < -0.39 is 6.09 Å². The summed E-state index contributed by atoms with van der Waals surface area (Å²) in [4.78, 5) is 39.1. The fourth-order valence-corrected chi connectivity index (χ4v) is 2.58. The van der Waals surface area contributed by atoms with Crippen LogP contribution in [0.2, 0.25) is 0 Å². The number of hydrogen-bond donors (Lipinski definition) is 3. The SMILES string of the molecule is CNC(=O)c1ccc(NC(=O)ON=C2CNC(=O)C(C)S2)cc1. The van der Waals surface area contributed by atoms with Gasteiger partial charge in [-0.25, -0.2) is 4.79 Å². The molecule has 23 heavy (non-hydrogen) atoms. The van der Waals surface area contributed by atoms with Crippen LogP contribution in [0.1, 0.15) is 17.3 Å². The zero-order valence-corrected chi connectivity index (χ0v) is 13.4. The monoisotopic (exact) mass is 336 g/mol. The number of thioether (sulfide) groups is 1. The lowest BCUT2D eigenvalue weighted by Gasteiger charge is -2.18. The van der Waals surface area contributed by atoms with Crippen molar-refractivity contribution in [1.29, 1.82) is 0 Å². The molecule has 2 rings (SSSR count). The summed E-state index contributed by atoms with van der Waals surface area (Å²) in [6.07, 6.45) is -0.754. The Balaban J connectivity index is 1.87. The van der Waals surface area contributed by atoms with Crippen molar-refractivity contribution in [2.24, 2.45) is 5.16 Å². The highest BCUT2D eigenvalue weighted by atomic mass is 32.2. The van der Waals surface area contributed by atoms with Crippen LogP contribution >= 0.6 is 11.8 Å². The lowest BCUT2D eigenvalue weighted by molar-refractivity contribution is -0.120. The van der Waals surface area contributed by atoms with Gasteiger partial charge in [0.05, 0.1) is 11.8 Å². The molecule has 1 aromatic rings. The third kappa shape index (κ3) is 4.71. The molecule has 122 valence electrons. The number of carbonyl (C=O) groups is 3. The summed E-state index contributed by atoms with van der Waals surface area (Å²) in [7, 11) is 1.54. The van der Waals surface area contributed by atoms with Gasteiger partial charge in [-0.3, -0.25) is 19.7 Å². The molecule has 1 fully saturated rings. The molecule has 0 aromatic heterocycles. The van der Waals surface area contributed by atoms with Crippen molar-refractivity contribution < 1.29 is 19.2 Å². The predicted octanol–water partition coefficient (Wildman–Crippen LogP) is 1.16. The average Bonchev–Trinajstić information content (AvgIpc) is 2.56. The van der Waals surface area contributed by atoms with Crippen molar-refractivity contribution in [3.63, 3.8) is 0 Å². The third-order valence-electron chi connectivity index (χ3n) is 2.95. The molecule has 0 bridgehead atoms. The minimum absolute atomic E-state index is 0.0744. The van der Waals surface area contributed by atoms with Gasteiger partial charge < -0.3 is 10.6 Å². The minimum Gasteiger partial charge on any atom is -0.355 e. The van der Waals surface area contributed by atoms with E-state index in [2.05, 4.69) is 21.1 Å². The van der Waals surface area contributed by atoms with Gasteiger partial charge in [0.2, 0.25) is 5.91 Å². The van der Waals surface area contributed by atoms with E-state index in [4.69, 9.17) is 4.84 Å². The van der Waals surface area contributed by atoms with E-state index in [-0.39, 0.29) is 23.6 Å². The van der Waals surface area contributed by atoms with Crippen LogP contribution in [0.4, 0.5) is 10.5 Å². The van der Waals surface area contributed by atoms with Crippen LogP contribution in [-0.2, 0) is 9.63 Å².